The maximum atomic E-state index is 12.3. The van der Waals surface area contributed by atoms with Gasteiger partial charge in [0.15, 0.2) is 6.61 Å². The zero-order valence-corrected chi connectivity index (χ0v) is 17.4. The van der Waals surface area contributed by atoms with Crippen molar-refractivity contribution < 1.29 is 23.8 Å². The Labute approximate surface area is 172 Å². The van der Waals surface area contributed by atoms with Crippen LogP contribution in [0.25, 0.3) is 11.0 Å². The van der Waals surface area contributed by atoms with Crippen molar-refractivity contribution in [3.8, 4) is 5.75 Å². The molecule has 1 aromatic heterocycles. The summed E-state index contributed by atoms with van der Waals surface area (Å²) >= 11 is 1.52. The summed E-state index contributed by atoms with van der Waals surface area (Å²) in [7, 11) is 0. The normalized spacial score (nSPS) is 14.3. The Balaban J connectivity index is 1.83. The smallest absolute Gasteiger partial charge is 0.339 e. The van der Waals surface area contributed by atoms with Crippen molar-refractivity contribution in [3.63, 3.8) is 0 Å². The van der Waals surface area contributed by atoms with Crippen LogP contribution in [0.4, 0.5) is 0 Å². The van der Waals surface area contributed by atoms with Crippen LogP contribution in [0, 0.1) is 6.92 Å². The summed E-state index contributed by atoms with van der Waals surface area (Å²) in [4.78, 5) is 35.9. The zero-order valence-electron chi connectivity index (χ0n) is 16.6. The molecule has 29 heavy (non-hydrogen) atoms. The van der Waals surface area contributed by atoms with Gasteiger partial charge in [-0.25, -0.2) is 9.59 Å². The Hall–Kier alpha value is -2.48. The van der Waals surface area contributed by atoms with E-state index in [2.05, 4.69) is 5.32 Å². The van der Waals surface area contributed by atoms with E-state index in [1.165, 1.54) is 11.8 Å². The minimum atomic E-state index is -1.07. The molecule has 3 rings (SSSR count). The summed E-state index contributed by atoms with van der Waals surface area (Å²) in [6.45, 7) is 1.55. The Bertz CT molecular complexity index is 983. The molecule has 1 aliphatic rings. The van der Waals surface area contributed by atoms with E-state index in [1.807, 2.05) is 19.2 Å². The predicted octanol–water partition coefficient (Wildman–Crippen LogP) is 2.68. The lowest BCUT2D eigenvalue weighted by molar-refractivity contribution is -0.142. The fourth-order valence-electron chi connectivity index (χ4n) is 3.65. The van der Waals surface area contributed by atoms with Crippen molar-refractivity contribution in [2.24, 2.45) is 0 Å². The van der Waals surface area contributed by atoms with Crippen LogP contribution < -0.4 is 15.7 Å². The molecular weight excluding hydrogens is 394 g/mol. The number of aliphatic carboxylic acids is 1. The van der Waals surface area contributed by atoms with Gasteiger partial charge >= 0.3 is 11.6 Å². The molecule has 2 N–H and O–H groups in total. The maximum absolute atomic E-state index is 12.3. The predicted molar refractivity (Wildman–Crippen MR) is 112 cm³/mol. The van der Waals surface area contributed by atoms with Crippen molar-refractivity contribution in [3.05, 3.63) is 39.2 Å². The van der Waals surface area contributed by atoms with Crippen LogP contribution in [0.3, 0.4) is 0 Å². The highest BCUT2D eigenvalue weighted by Crippen LogP contribution is 2.34. The molecular formula is C21H25NO6S. The summed E-state index contributed by atoms with van der Waals surface area (Å²) < 4.78 is 11.3. The molecule has 1 aromatic carbocycles. The number of rotatable bonds is 8. The van der Waals surface area contributed by atoms with E-state index < -0.39 is 17.9 Å². The summed E-state index contributed by atoms with van der Waals surface area (Å²) in [6, 6.07) is 2.66. The topological polar surface area (TPSA) is 106 Å². The van der Waals surface area contributed by atoms with Crippen LogP contribution in [0.1, 0.15) is 36.0 Å². The third kappa shape index (κ3) is 4.93. The molecule has 8 heteroatoms. The van der Waals surface area contributed by atoms with Crippen molar-refractivity contribution in [2.45, 2.75) is 45.1 Å². The summed E-state index contributed by atoms with van der Waals surface area (Å²) in [5, 5.41) is 12.5. The van der Waals surface area contributed by atoms with Gasteiger partial charge in [0.25, 0.3) is 5.91 Å². The zero-order chi connectivity index (χ0) is 21.0. The number of benzene rings is 1. The molecule has 7 nitrogen and oxygen atoms in total. The van der Waals surface area contributed by atoms with Crippen molar-refractivity contribution in [1.29, 1.82) is 0 Å². The van der Waals surface area contributed by atoms with E-state index in [1.54, 1.807) is 6.07 Å². The lowest BCUT2D eigenvalue weighted by atomic mass is 9.90. The molecule has 1 heterocycles. The molecule has 2 aromatic rings. The minimum absolute atomic E-state index is 0.306. The molecule has 0 radical (unpaired) electrons. The number of amides is 1. The first-order chi connectivity index (χ1) is 13.9. The van der Waals surface area contributed by atoms with E-state index in [4.69, 9.17) is 9.15 Å². The van der Waals surface area contributed by atoms with Crippen LogP contribution in [-0.2, 0) is 22.4 Å². The van der Waals surface area contributed by atoms with Crippen molar-refractivity contribution >= 4 is 34.6 Å². The Kier molecular flexibility index (Phi) is 6.84. The van der Waals surface area contributed by atoms with Crippen LogP contribution in [-0.4, -0.2) is 41.6 Å². The average Bonchev–Trinajstić information content (AvgIpc) is 2.69. The molecule has 0 saturated heterocycles. The molecule has 1 atom stereocenters. The fourth-order valence-corrected chi connectivity index (χ4v) is 4.12. The van der Waals surface area contributed by atoms with Crippen LogP contribution >= 0.6 is 11.8 Å². The van der Waals surface area contributed by atoms with E-state index in [0.717, 1.165) is 35.8 Å². The number of carbonyl (C=O) groups excluding carboxylic acids is 1. The lowest BCUT2D eigenvalue weighted by Crippen LogP contribution is -2.43. The van der Waals surface area contributed by atoms with Gasteiger partial charge in [0.2, 0.25) is 0 Å². The average molecular weight is 419 g/mol. The third-order valence-corrected chi connectivity index (χ3v) is 5.68. The SMILES string of the molecule is CSCCC(NC(=O)COc1cc(C)cc2oc(=O)c3c(c12)CCCC3)C(=O)O. The highest BCUT2D eigenvalue weighted by molar-refractivity contribution is 7.98. The number of aryl methyl sites for hydroxylation is 2. The van der Waals surface area contributed by atoms with Crippen molar-refractivity contribution in [1.82, 2.24) is 5.32 Å². The summed E-state index contributed by atoms with van der Waals surface area (Å²) in [5.74, 6) is -0.456. The van der Waals surface area contributed by atoms with Crippen molar-refractivity contribution in [2.75, 3.05) is 18.6 Å². The molecule has 1 amide bonds. The van der Waals surface area contributed by atoms with E-state index in [0.29, 0.717) is 35.5 Å². The minimum Gasteiger partial charge on any atom is -0.483 e. The first-order valence-electron chi connectivity index (χ1n) is 9.63. The second kappa shape index (κ2) is 9.35. The number of thioether (sulfide) groups is 1. The molecule has 0 bridgehead atoms. The number of carboxylic acid groups (broad SMARTS) is 1. The largest absolute Gasteiger partial charge is 0.483 e. The van der Waals surface area contributed by atoms with E-state index in [9.17, 15) is 19.5 Å². The van der Waals surface area contributed by atoms with Gasteiger partial charge in [0.05, 0.1) is 5.39 Å². The van der Waals surface area contributed by atoms with Gasteiger partial charge in [0.1, 0.15) is 17.4 Å². The second-order valence-electron chi connectivity index (χ2n) is 7.22. The third-order valence-electron chi connectivity index (χ3n) is 5.03. The summed E-state index contributed by atoms with van der Waals surface area (Å²) in [6.07, 6.45) is 5.59. The maximum Gasteiger partial charge on any atom is 0.339 e. The Morgan fingerprint density at radius 1 is 1.28 bits per heavy atom. The molecule has 0 saturated carbocycles. The standard InChI is InChI=1S/C21H25NO6S/c1-12-9-16(27-11-18(23)22-15(20(24)25)7-8-29-2)19-13-5-3-4-6-14(13)21(26)28-17(19)10-12/h9-10,15H,3-8,11H2,1-2H3,(H,22,23)(H,24,25). The molecule has 156 valence electrons. The number of fused-ring (bicyclic) bond motifs is 3. The first-order valence-corrected chi connectivity index (χ1v) is 11.0. The number of hydrogen-bond donors (Lipinski definition) is 2. The van der Waals surface area contributed by atoms with Crippen LogP contribution in [0.5, 0.6) is 5.75 Å². The molecule has 0 aliphatic heterocycles. The van der Waals surface area contributed by atoms with E-state index in [-0.39, 0.29) is 12.2 Å². The van der Waals surface area contributed by atoms with Gasteiger partial charge in [-0.3, -0.25) is 4.79 Å². The highest BCUT2D eigenvalue weighted by atomic mass is 32.2. The monoisotopic (exact) mass is 419 g/mol. The molecule has 1 unspecified atom stereocenters. The van der Waals surface area contributed by atoms with Crippen LogP contribution in [0.15, 0.2) is 21.3 Å². The highest BCUT2D eigenvalue weighted by Gasteiger charge is 2.23. The second-order valence-corrected chi connectivity index (χ2v) is 8.20. The number of ether oxygens (including phenoxy) is 1. The number of hydrogen-bond acceptors (Lipinski definition) is 6. The van der Waals surface area contributed by atoms with Gasteiger partial charge in [-0.05, 0) is 74.3 Å². The van der Waals surface area contributed by atoms with Gasteiger partial charge in [-0.1, -0.05) is 0 Å². The van der Waals surface area contributed by atoms with Gasteiger partial charge in [-0.15, -0.1) is 0 Å². The first kappa shape index (κ1) is 21.2. The number of carbonyl (C=O) groups is 2. The quantitative estimate of drug-likeness (QED) is 0.634. The molecule has 0 spiro atoms. The lowest BCUT2D eigenvalue weighted by Gasteiger charge is -2.19. The van der Waals surface area contributed by atoms with Gasteiger partial charge in [-0.2, -0.15) is 11.8 Å². The summed E-state index contributed by atoms with van der Waals surface area (Å²) in [5.41, 5.74) is 2.61. The van der Waals surface area contributed by atoms with Gasteiger partial charge in [0, 0.05) is 5.56 Å². The number of carboxylic acids is 1. The molecule has 1 aliphatic carbocycles. The van der Waals surface area contributed by atoms with E-state index >= 15 is 0 Å². The molecule has 0 fully saturated rings. The fraction of sp³-hybridized carbons (Fsp3) is 0.476. The van der Waals surface area contributed by atoms with Gasteiger partial charge < -0.3 is 19.6 Å². The Morgan fingerprint density at radius 3 is 2.69 bits per heavy atom. The number of nitrogens with one attached hydrogen (secondary N) is 1. The Morgan fingerprint density at radius 2 is 2.00 bits per heavy atom. The van der Waals surface area contributed by atoms with Crippen LogP contribution in [0.2, 0.25) is 0 Å².